The van der Waals surface area contributed by atoms with Crippen LogP contribution >= 0.6 is 23.4 Å². The molecule has 0 aliphatic heterocycles. The Morgan fingerprint density at radius 2 is 1.94 bits per heavy atom. The molecule has 31 heavy (non-hydrogen) atoms. The molecule has 1 heterocycles. The van der Waals surface area contributed by atoms with Gasteiger partial charge in [-0.3, -0.25) is 9.36 Å². The van der Waals surface area contributed by atoms with Gasteiger partial charge in [-0.25, -0.2) is 0 Å². The highest BCUT2D eigenvalue weighted by Gasteiger charge is 2.35. The van der Waals surface area contributed by atoms with Crippen molar-refractivity contribution in [3.8, 4) is 17.1 Å². The highest BCUT2D eigenvalue weighted by Crippen LogP contribution is 2.38. The molecule has 0 bridgehead atoms. The van der Waals surface area contributed by atoms with Crippen LogP contribution < -0.4 is 5.32 Å². The van der Waals surface area contributed by atoms with Crippen molar-refractivity contribution in [2.75, 3.05) is 0 Å². The molecule has 5 nitrogen and oxygen atoms in total. The zero-order chi connectivity index (χ0) is 22.2. The van der Waals surface area contributed by atoms with Crippen LogP contribution in [0.3, 0.4) is 0 Å². The standard InChI is InChI=1S/C21H18ClF3N4OS/c1-12(19(30)26-15-9-10-15)31-20-28-27-18(13-5-4-6-14(22)11-13)29(20)17-8-3-2-7-16(17)21(23,24)25/h2-8,11-12,15H,9-10H2,1H3,(H,26,30). The molecule has 1 N–H and O–H groups in total. The van der Waals surface area contributed by atoms with Gasteiger partial charge in [-0.2, -0.15) is 13.2 Å². The number of nitrogens with one attached hydrogen (secondary N) is 1. The Bertz CT molecular complexity index is 1110. The minimum Gasteiger partial charge on any atom is -0.352 e. The Labute approximate surface area is 186 Å². The summed E-state index contributed by atoms with van der Waals surface area (Å²) in [5, 5.41) is 11.2. The Morgan fingerprint density at radius 3 is 2.61 bits per heavy atom. The Kier molecular flexibility index (Phi) is 5.98. The molecular formula is C21H18ClF3N4OS. The fraction of sp³-hybridized carbons (Fsp3) is 0.286. The third kappa shape index (κ3) is 4.88. The van der Waals surface area contributed by atoms with E-state index in [-0.39, 0.29) is 28.6 Å². The quantitative estimate of drug-likeness (QED) is 0.496. The average Bonchev–Trinajstić information content (AvgIpc) is 3.44. The monoisotopic (exact) mass is 466 g/mol. The summed E-state index contributed by atoms with van der Waals surface area (Å²) in [7, 11) is 0. The van der Waals surface area contributed by atoms with Crippen molar-refractivity contribution in [3.63, 3.8) is 0 Å². The van der Waals surface area contributed by atoms with E-state index < -0.39 is 17.0 Å². The maximum absolute atomic E-state index is 13.8. The van der Waals surface area contributed by atoms with E-state index in [4.69, 9.17) is 11.6 Å². The number of carbonyl (C=O) groups is 1. The number of hydrogen-bond donors (Lipinski definition) is 1. The number of nitrogens with zero attached hydrogens (tertiary/aromatic N) is 3. The third-order valence-electron chi connectivity index (χ3n) is 4.74. The van der Waals surface area contributed by atoms with Gasteiger partial charge in [0, 0.05) is 16.6 Å². The smallest absolute Gasteiger partial charge is 0.352 e. The van der Waals surface area contributed by atoms with Crippen LogP contribution in [0.2, 0.25) is 5.02 Å². The van der Waals surface area contributed by atoms with Crippen molar-refractivity contribution in [1.82, 2.24) is 20.1 Å². The van der Waals surface area contributed by atoms with Gasteiger partial charge >= 0.3 is 6.18 Å². The zero-order valence-corrected chi connectivity index (χ0v) is 17.9. The second kappa shape index (κ2) is 8.55. The maximum Gasteiger partial charge on any atom is 0.418 e. The first-order valence-electron chi connectivity index (χ1n) is 9.59. The molecule has 1 aliphatic rings. The highest BCUT2D eigenvalue weighted by atomic mass is 35.5. The van der Waals surface area contributed by atoms with E-state index in [0.717, 1.165) is 30.7 Å². The minimum absolute atomic E-state index is 0.118. The summed E-state index contributed by atoms with van der Waals surface area (Å²) in [5.41, 5.74) is -0.429. The molecule has 1 saturated carbocycles. The van der Waals surface area contributed by atoms with E-state index in [2.05, 4.69) is 15.5 Å². The number of amides is 1. The van der Waals surface area contributed by atoms with Crippen LogP contribution in [-0.4, -0.2) is 32.0 Å². The first-order valence-corrected chi connectivity index (χ1v) is 10.8. The lowest BCUT2D eigenvalue weighted by molar-refractivity contribution is -0.137. The molecular weight excluding hydrogens is 449 g/mol. The van der Waals surface area contributed by atoms with Crippen molar-refractivity contribution in [1.29, 1.82) is 0 Å². The van der Waals surface area contributed by atoms with Crippen molar-refractivity contribution in [2.45, 2.75) is 42.4 Å². The molecule has 1 fully saturated rings. The average molecular weight is 467 g/mol. The second-order valence-corrected chi connectivity index (χ2v) is 8.95. The van der Waals surface area contributed by atoms with Crippen LogP contribution in [-0.2, 0) is 11.0 Å². The summed E-state index contributed by atoms with van der Waals surface area (Å²) in [6.45, 7) is 1.69. The zero-order valence-electron chi connectivity index (χ0n) is 16.4. The molecule has 0 radical (unpaired) electrons. The molecule has 1 aliphatic carbocycles. The predicted molar refractivity (Wildman–Crippen MR) is 113 cm³/mol. The highest BCUT2D eigenvalue weighted by molar-refractivity contribution is 8.00. The van der Waals surface area contributed by atoms with Gasteiger partial charge in [-0.15, -0.1) is 10.2 Å². The first-order chi connectivity index (χ1) is 14.7. The van der Waals surface area contributed by atoms with E-state index in [1.807, 2.05) is 0 Å². The van der Waals surface area contributed by atoms with Gasteiger partial charge in [-0.1, -0.05) is 47.6 Å². The van der Waals surface area contributed by atoms with Crippen molar-refractivity contribution < 1.29 is 18.0 Å². The number of rotatable bonds is 6. The lowest BCUT2D eigenvalue weighted by Gasteiger charge is -2.18. The molecule has 162 valence electrons. The van der Waals surface area contributed by atoms with Crippen molar-refractivity contribution in [3.05, 3.63) is 59.1 Å². The summed E-state index contributed by atoms with van der Waals surface area (Å²) >= 11 is 7.15. The number of aromatic nitrogens is 3. The number of hydrogen-bond acceptors (Lipinski definition) is 4. The van der Waals surface area contributed by atoms with E-state index in [9.17, 15) is 18.0 Å². The normalized spacial score (nSPS) is 15.0. The van der Waals surface area contributed by atoms with Crippen LogP contribution in [0.1, 0.15) is 25.3 Å². The fourth-order valence-electron chi connectivity index (χ4n) is 3.04. The van der Waals surface area contributed by atoms with Crippen LogP contribution in [0.15, 0.2) is 53.7 Å². The van der Waals surface area contributed by atoms with Crippen LogP contribution in [0.25, 0.3) is 17.1 Å². The number of thioether (sulfide) groups is 1. The molecule has 1 atom stereocenters. The molecule has 0 spiro atoms. The van der Waals surface area contributed by atoms with Gasteiger partial charge in [-0.05, 0) is 44.0 Å². The predicted octanol–water partition coefficient (Wildman–Crippen LogP) is 5.37. The number of halogens is 4. The molecule has 4 rings (SSSR count). The summed E-state index contributed by atoms with van der Waals surface area (Å²) in [4.78, 5) is 12.4. The first kappa shape index (κ1) is 21.7. The Morgan fingerprint density at radius 1 is 1.19 bits per heavy atom. The van der Waals surface area contributed by atoms with Gasteiger partial charge in [0.1, 0.15) is 0 Å². The molecule has 1 aromatic heterocycles. The maximum atomic E-state index is 13.8. The molecule has 3 aromatic rings. The lowest BCUT2D eigenvalue weighted by Crippen LogP contribution is -2.32. The van der Waals surface area contributed by atoms with Crippen molar-refractivity contribution in [2.24, 2.45) is 0 Å². The molecule has 0 saturated heterocycles. The van der Waals surface area contributed by atoms with E-state index in [0.29, 0.717) is 10.6 Å². The van der Waals surface area contributed by atoms with Gasteiger partial charge in [0.2, 0.25) is 5.91 Å². The van der Waals surface area contributed by atoms with Crippen LogP contribution in [0.5, 0.6) is 0 Å². The van der Waals surface area contributed by atoms with Crippen molar-refractivity contribution >= 4 is 29.3 Å². The summed E-state index contributed by atoms with van der Waals surface area (Å²) in [6.07, 6.45) is -2.70. The van der Waals surface area contributed by atoms with Gasteiger partial charge < -0.3 is 5.32 Å². The molecule has 10 heteroatoms. The van der Waals surface area contributed by atoms with Gasteiger partial charge in [0.15, 0.2) is 11.0 Å². The second-order valence-electron chi connectivity index (χ2n) is 7.21. The van der Waals surface area contributed by atoms with Gasteiger partial charge in [0.05, 0.1) is 16.5 Å². The molecule has 1 unspecified atom stereocenters. The molecule has 1 amide bonds. The van der Waals surface area contributed by atoms with E-state index in [1.54, 1.807) is 31.2 Å². The Balaban J connectivity index is 1.81. The minimum atomic E-state index is -4.58. The summed E-state index contributed by atoms with van der Waals surface area (Å²) in [5.74, 6) is 0.0203. The van der Waals surface area contributed by atoms with E-state index in [1.165, 1.54) is 22.8 Å². The van der Waals surface area contributed by atoms with E-state index >= 15 is 0 Å². The third-order valence-corrected chi connectivity index (χ3v) is 6.02. The van der Waals surface area contributed by atoms with Crippen LogP contribution in [0, 0.1) is 0 Å². The topological polar surface area (TPSA) is 59.8 Å². The van der Waals surface area contributed by atoms with Crippen LogP contribution in [0.4, 0.5) is 13.2 Å². The lowest BCUT2D eigenvalue weighted by atomic mass is 10.1. The number of benzene rings is 2. The van der Waals surface area contributed by atoms with Gasteiger partial charge in [0.25, 0.3) is 0 Å². The number of carbonyl (C=O) groups excluding carboxylic acids is 1. The summed E-state index contributed by atoms with van der Waals surface area (Å²) < 4.78 is 42.6. The largest absolute Gasteiger partial charge is 0.418 e. The summed E-state index contributed by atoms with van der Waals surface area (Å²) in [6, 6.07) is 12.0. The number of para-hydroxylation sites is 1. The fourth-order valence-corrected chi connectivity index (χ4v) is 4.10. The Hall–Kier alpha value is -2.52. The molecule has 2 aromatic carbocycles. The number of alkyl halides is 3. The SMILES string of the molecule is CC(Sc1nnc(-c2cccc(Cl)c2)n1-c1ccccc1C(F)(F)F)C(=O)NC1CC1.